The predicted octanol–water partition coefficient (Wildman–Crippen LogP) is 22.2. The normalized spacial score (nSPS) is 12.8. The third kappa shape index (κ3) is 62.8. The van der Waals surface area contributed by atoms with Gasteiger partial charge in [0.25, 0.3) is 0 Å². The summed E-state index contributed by atoms with van der Waals surface area (Å²) >= 11 is 0. The Morgan fingerprint density at radius 3 is 0.818 bits per heavy atom. The number of hydrogen-bond acceptors (Lipinski definition) is 6. The molecule has 1 unspecified atom stereocenters. The topological polar surface area (TPSA) is 78.9 Å². The van der Waals surface area contributed by atoms with E-state index in [0.717, 1.165) is 122 Å². The molecule has 0 aliphatic heterocycles. The van der Waals surface area contributed by atoms with E-state index in [4.69, 9.17) is 14.2 Å². The van der Waals surface area contributed by atoms with Crippen molar-refractivity contribution in [2.75, 3.05) is 13.2 Å². The molecule has 0 rings (SSSR count). The summed E-state index contributed by atoms with van der Waals surface area (Å²) in [5, 5.41) is 0. The highest BCUT2D eigenvalue weighted by Gasteiger charge is 2.19. The Balaban J connectivity index is 4.33. The van der Waals surface area contributed by atoms with Crippen molar-refractivity contribution in [1.82, 2.24) is 0 Å². The molecule has 0 aromatic rings. The second-order valence-corrected chi connectivity index (χ2v) is 21.3. The Bertz CT molecular complexity index is 1560. The van der Waals surface area contributed by atoms with E-state index < -0.39 is 6.10 Å². The number of carbonyl (C=O) groups excluding carboxylic acids is 3. The SMILES string of the molecule is CC/C=C\C/C=C\C/C=C\C/C=C\C/C=C\CCCCCC(=O)OC(COC(=O)CCCCC/C=C\C/C=C\C/C=C\CC)COC(=O)CCCCCCCCCCCCCCCCC/C=C\CCCCCCCCCC. The number of unbranched alkanes of at least 4 members (excludes halogenated alkanes) is 29. The zero-order valence-corrected chi connectivity index (χ0v) is 50.4. The van der Waals surface area contributed by atoms with Crippen molar-refractivity contribution in [3.8, 4) is 0 Å². The first-order valence-electron chi connectivity index (χ1n) is 32.4. The fourth-order valence-electron chi connectivity index (χ4n) is 8.95. The minimum atomic E-state index is -0.810. The summed E-state index contributed by atoms with van der Waals surface area (Å²) in [6.07, 6.45) is 88.3. The second-order valence-electron chi connectivity index (χ2n) is 21.3. The van der Waals surface area contributed by atoms with Gasteiger partial charge in [0.2, 0.25) is 0 Å². The lowest BCUT2D eigenvalue weighted by Gasteiger charge is -2.18. The van der Waals surface area contributed by atoms with Gasteiger partial charge in [-0.05, 0) is 122 Å². The number of esters is 3. The molecule has 0 N–H and O–H groups in total. The van der Waals surface area contributed by atoms with Crippen molar-refractivity contribution in [2.45, 2.75) is 309 Å². The smallest absolute Gasteiger partial charge is 0.306 e. The van der Waals surface area contributed by atoms with E-state index in [2.05, 4.69) is 130 Å². The van der Waals surface area contributed by atoms with Crippen LogP contribution in [0.15, 0.2) is 109 Å². The van der Waals surface area contributed by atoms with Gasteiger partial charge >= 0.3 is 17.9 Å². The first-order chi connectivity index (χ1) is 38.0. The first kappa shape index (κ1) is 73.1. The van der Waals surface area contributed by atoms with Crippen LogP contribution in [0.1, 0.15) is 303 Å². The first-order valence-corrected chi connectivity index (χ1v) is 32.4. The lowest BCUT2D eigenvalue weighted by molar-refractivity contribution is -0.167. The van der Waals surface area contributed by atoms with Crippen LogP contribution >= 0.6 is 0 Å². The van der Waals surface area contributed by atoms with Gasteiger partial charge in [-0.15, -0.1) is 0 Å². The minimum absolute atomic E-state index is 0.101. The fraction of sp³-hybridized carbons (Fsp3) is 0.704. The summed E-state index contributed by atoms with van der Waals surface area (Å²) in [7, 11) is 0. The number of hydrogen-bond donors (Lipinski definition) is 0. The highest BCUT2D eigenvalue weighted by atomic mass is 16.6. The van der Waals surface area contributed by atoms with Gasteiger partial charge in [0.15, 0.2) is 6.10 Å². The molecular formula is C71H120O6. The molecule has 0 aliphatic rings. The van der Waals surface area contributed by atoms with Crippen LogP contribution in [0.3, 0.4) is 0 Å². The van der Waals surface area contributed by atoms with E-state index in [1.807, 2.05) is 0 Å². The van der Waals surface area contributed by atoms with Crippen LogP contribution in [-0.4, -0.2) is 37.2 Å². The Labute approximate surface area is 476 Å². The predicted molar refractivity (Wildman–Crippen MR) is 334 cm³/mol. The molecule has 0 bridgehead atoms. The number of rotatable bonds is 58. The van der Waals surface area contributed by atoms with Gasteiger partial charge in [0.05, 0.1) is 0 Å². The van der Waals surface area contributed by atoms with E-state index in [1.54, 1.807) is 0 Å². The highest BCUT2D eigenvalue weighted by molar-refractivity contribution is 5.71. The summed E-state index contributed by atoms with van der Waals surface area (Å²) in [4.78, 5) is 38.3. The summed E-state index contributed by atoms with van der Waals surface area (Å²) in [6, 6.07) is 0. The maximum atomic E-state index is 12.9. The summed E-state index contributed by atoms with van der Waals surface area (Å²) in [5.74, 6) is -0.958. The van der Waals surface area contributed by atoms with E-state index >= 15 is 0 Å². The Morgan fingerprint density at radius 2 is 0.506 bits per heavy atom. The summed E-state index contributed by atoms with van der Waals surface area (Å²) in [5.41, 5.74) is 0. The number of ether oxygens (including phenoxy) is 3. The zero-order chi connectivity index (χ0) is 55.7. The Kier molecular flexibility index (Phi) is 61.3. The monoisotopic (exact) mass is 1070 g/mol. The van der Waals surface area contributed by atoms with Gasteiger partial charge in [-0.1, -0.05) is 271 Å². The molecule has 77 heavy (non-hydrogen) atoms. The molecule has 0 aromatic carbocycles. The van der Waals surface area contributed by atoms with Crippen LogP contribution in [0.25, 0.3) is 0 Å². The molecule has 1 atom stereocenters. The van der Waals surface area contributed by atoms with Crippen molar-refractivity contribution in [3.63, 3.8) is 0 Å². The molecule has 0 saturated heterocycles. The maximum absolute atomic E-state index is 12.9. The van der Waals surface area contributed by atoms with E-state index in [-0.39, 0.29) is 37.5 Å². The standard InChI is InChI=1S/C71H120O6/c1-4-7-10-13-16-19-22-25-27-29-31-32-33-34-35-36-37-38-40-41-43-46-49-52-55-58-61-64-70(73)76-67-68(66-75-69(72)63-60-57-54-51-48-45-24-21-18-15-12-9-6-3)77-71(74)65-62-59-56-53-50-47-44-42-39-30-28-26-23-20-17-14-11-8-5-2/h8-9,11-12,17-18,20-21,26,28-29,31,39,42,45,47-48,50,68H,4-7,10,13-16,19,22-25,27,30,32-38,40-41,43-44,46,49,51-67H2,1-3H3/b11-8-,12-9-,20-17-,21-18-,28-26-,31-29-,42-39-,48-45-,50-47-. The molecular weight excluding hydrogens is 949 g/mol. The van der Waals surface area contributed by atoms with Crippen LogP contribution in [-0.2, 0) is 28.6 Å². The third-order valence-corrected chi connectivity index (χ3v) is 13.7. The van der Waals surface area contributed by atoms with Crippen molar-refractivity contribution in [3.05, 3.63) is 109 Å². The number of carbonyl (C=O) groups is 3. The molecule has 0 radical (unpaired) electrons. The molecule has 0 aliphatic carbocycles. The lowest BCUT2D eigenvalue weighted by atomic mass is 10.0. The quantitative estimate of drug-likeness (QED) is 0.0261. The molecule has 6 heteroatoms. The summed E-state index contributed by atoms with van der Waals surface area (Å²) in [6.45, 7) is 6.38. The minimum Gasteiger partial charge on any atom is -0.462 e. The fourth-order valence-corrected chi connectivity index (χ4v) is 8.95. The Morgan fingerprint density at radius 1 is 0.273 bits per heavy atom. The van der Waals surface area contributed by atoms with Crippen molar-refractivity contribution in [2.24, 2.45) is 0 Å². The van der Waals surface area contributed by atoms with Gasteiger partial charge in [-0.3, -0.25) is 14.4 Å². The molecule has 0 spiro atoms. The van der Waals surface area contributed by atoms with Crippen LogP contribution < -0.4 is 0 Å². The molecule has 440 valence electrons. The van der Waals surface area contributed by atoms with Gasteiger partial charge in [0.1, 0.15) is 13.2 Å². The van der Waals surface area contributed by atoms with Crippen LogP contribution in [0.5, 0.6) is 0 Å². The third-order valence-electron chi connectivity index (χ3n) is 13.7. The van der Waals surface area contributed by atoms with Crippen LogP contribution in [0.4, 0.5) is 0 Å². The van der Waals surface area contributed by atoms with Gasteiger partial charge in [-0.25, -0.2) is 0 Å². The average Bonchev–Trinajstić information content (AvgIpc) is 3.43. The van der Waals surface area contributed by atoms with Crippen molar-refractivity contribution in [1.29, 1.82) is 0 Å². The molecule has 0 aromatic heterocycles. The van der Waals surface area contributed by atoms with Gasteiger partial charge in [-0.2, -0.15) is 0 Å². The van der Waals surface area contributed by atoms with E-state index in [0.29, 0.717) is 12.8 Å². The van der Waals surface area contributed by atoms with Gasteiger partial charge in [0, 0.05) is 19.3 Å². The summed E-state index contributed by atoms with van der Waals surface area (Å²) < 4.78 is 16.9. The van der Waals surface area contributed by atoms with Crippen LogP contribution in [0.2, 0.25) is 0 Å². The maximum Gasteiger partial charge on any atom is 0.306 e. The number of allylic oxidation sites excluding steroid dienone is 18. The second kappa shape index (κ2) is 64.6. The average molecular weight is 1070 g/mol. The molecule has 0 amide bonds. The van der Waals surface area contributed by atoms with E-state index in [1.165, 1.54) is 141 Å². The van der Waals surface area contributed by atoms with Crippen molar-refractivity contribution < 1.29 is 28.6 Å². The Hall–Kier alpha value is -3.93. The van der Waals surface area contributed by atoms with E-state index in [9.17, 15) is 14.4 Å². The molecule has 0 fully saturated rings. The lowest BCUT2D eigenvalue weighted by Crippen LogP contribution is -2.30. The molecule has 0 saturated carbocycles. The van der Waals surface area contributed by atoms with Crippen molar-refractivity contribution >= 4 is 17.9 Å². The van der Waals surface area contributed by atoms with Crippen LogP contribution in [0, 0.1) is 0 Å². The molecule has 6 nitrogen and oxygen atoms in total. The van der Waals surface area contributed by atoms with Gasteiger partial charge < -0.3 is 14.2 Å². The molecule has 0 heterocycles. The zero-order valence-electron chi connectivity index (χ0n) is 50.4. The largest absolute Gasteiger partial charge is 0.462 e. The highest BCUT2D eigenvalue weighted by Crippen LogP contribution is 2.16.